The van der Waals surface area contributed by atoms with Gasteiger partial charge in [-0.25, -0.2) is 0 Å². The van der Waals surface area contributed by atoms with Crippen molar-refractivity contribution in [3.63, 3.8) is 0 Å². The molecule has 0 saturated carbocycles. The van der Waals surface area contributed by atoms with Crippen molar-refractivity contribution in [3.05, 3.63) is 48.5 Å². The molecular weight excluding hydrogens is 275 g/mol. The number of rotatable bonds is 3. The summed E-state index contributed by atoms with van der Waals surface area (Å²) in [6.45, 7) is 0. The van der Waals surface area contributed by atoms with Gasteiger partial charge in [0.15, 0.2) is 0 Å². The van der Waals surface area contributed by atoms with Crippen LogP contribution in [0.25, 0.3) is 11.1 Å². The second-order valence-electron chi connectivity index (χ2n) is 3.73. The molecule has 0 aliphatic carbocycles. The molecule has 19 heavy (non-hydrogen) atoms. The minimum atomic E-state index is -4.13. The molecule has 0 aromatic heterocycles. The van der Waals surface area contributed by atoms with Gasteiger partial charge < -0.3 is 4.74 Å². The molecule has 0 heterocycles. The molecule has 1 N–H and O–H groups in total. The zero-order chi connectivity index (χ0) is 13.2. The standard InChI is InChI=1S/C13H12O4S.Na/c1-17-12-6-2-10(3-7-12)11-4-8-13(9-5-11)18(14,15)16;/h2-9H,1H3,(H,14,15,16);. The Morgan fingerprint density at radius 3 is 1.68 bits per heavy atom. The quantitative estimate of drug-likeness (QED) is 0.694. The predicted octanol–water partition coefficient (Wildman–Crippen LogP) is 2.23. The van der Waals surface area contributed by atoms with Crippen LogP contribution in [0.5, 0.6) is 5.75 Å². The van der Waals surface area contributed by atoms with Crippen molar-refractivity contribution < 1.29 is 17.7 Å². The normalized spacial score (nSPS) is 10.6. The summed E-state index contributed by atoms with van der Waals surface area (Å²) in [7, 11) is -2.54. The van der Waals surface area contributed by atoms with Crippen molar-refractivity contribution in [2.45, 2.75) is 4.90 Å². The van der Waals surface area contributed by atoms with E-state index < -0.39 is 10.1 Å². The van der Waals surface area contributed by atoms with Crippen LogP contribution in [0, 0.1) is 0 Å². The first-order valence-electron chi connectivity index (χ1n) is 5.23. The van der Waals surface area contributed by atoms with Gasteiger partial charge in [0.1, 0.15) is 5.75 Å². The first-order valence-corrected chi connectivity index (χ1v) is 6.67. The van der Waals surface area contributed by atoms with Gasteiger partial charge in [-0.3, -0.25) is 4.55 Å². The number of hydrogen-bond donors (Lipinski definition) is 1. The summed E-state index contributed by atoms with van der Waals surface area (Å²) in [6, 6.07) is 13.4. The summed E-state index contributed by atoms with van der Waals surface area (Å²) in [5, 5.41) is 0. The molecule has 0 spiro atoms. The fraction of sp³-hybridized carbons (Fsp3) is 0.0769. The van der Waals surface area contributed by atoms with Crippen molar-refractivity contribution in [2.24, 2.45) is 0 Å². The number of ether oxygens (including phenoxy) is 1. The third-order valence-electron chi connectivity index (χ3n) is 2.58. The minimum absolute atomic E-state index is 0. The molecule has 0 aliphatic rings. The SMILES string of the molecule is COc1ccc(-c2ccc(S(=O)(=O)O)cc2)cc1.[Na]. The Balaban J connectivity index is 0.00000180. The van der Waals surface area contributed by atoms with Crippen molar-refractivity contribution in [2.75, 3.05) is 7.11 Å². The maximum atomic E-state index is 10.9. The van der Waals surface area contributed by atoms with Crippen LogP contribution in [0.3, 0.4) is 0 Å². The summed E-state index contributed by atoms with van der Waals surface area (Å²) < 4.78 is 35.7. The largest absolute Gasteiger partial charge is 0.497 e. The molecule has 0 aliphatic heterocycles. The van der Waals surface area contributed by atoms with Gasteiger partial charge in [-0.15, -0.1) is 0 Å². The molecule has 4 nitrogen and oxygen atoms in total. The molecule has 95 valence electrons. The van der Waals surface area contributed by atoms with Crippen molar-refractivity contribution in [1.82, 2.24) is 0 Å². The summed E-state index contributed by atoms with van der Waals surface area (Å²) >= 11 is 0. The zero-order valence-electron chi connectivity index (χ0n) is 10.7. The van der Waals surface area contributed by atoms with Gasteiger partial charge in [-0.05, 0) is 35.4 Å². The Hall–Kier alpha value is -0.850. The topological polar surface area (TPSA) is 63.6 Å². The number of hydrogen-bond acceptors (Lipinski definition) is 3. The van der Waals surface area contributed by atoms with Crippen molar-refractivity contribution in [3.8, 4) is 16.9 Å². The van der Waals surface area contributed by atoms with Gasteiger partial charge in [0.05, 0.1) is 12.0 Å². The fourth-order valence-electron chi connectivity index (χ4n) is 1.60. The smallest absolute Gasteiger partial charge is 0.294 e. The molecule has 0 fully saturated rings. The van der Waals surface area contributed by atoms with Gasteiger partial charge in [-0.1, -0.05) is 24.3 Å². The van der Waals surface area contributed by atoms with E-state index in [1.54, 1.807) is 19.2 Å². The van der Waals surface area contributed by atoms with Crippen LogP contribution in [-0.2, 0) is 10.1 Å². The van der Waals surface area contributed by atoms with Crippen LogP contribution >= 0.6 is 0 Å². The van der Waals surface area contributed by atoms with E-state index in [-0.39, 0.29) is 34.5 Å². The summed E-state index contributed by atoms with van der Waals surface area (Å²) in [4.78, 5) is -0.111. The Morgan fingerprint density at radius 1 is 0.895 bits per heavy atom. The Labute approximate surface area is 134 Å². The molecule has 1 radical (unpaired) electrons. The van der Waals surface area contributed by atoms with Gasteiger partial charge in [0.25, 0.3) is 10.1 Å². The van der Waals surface area contributed by atoms with E-state index in [9.17, 15) is 8.42 Å². The fourth-order valence-corrected chi connectivity index (χ4v) is 2.08. The Bertz CT molecular complexity index is 633. The number of benzene rings is 2. The van der Waals surface area contributed by atoms with E-state index in [1.807, 2.05) is 24.3 Å². The van der Waals surface area contributed by atoms with E-state index in [1.165, 1.54) is 12.1 Å². The van der Waals surface area contributed by atoms with E-state index in [0.29, 0.717) is 0 Å². The average molecular weight is 287 g/mol. The molecule has 6 heteroatoms. The van der Waals surface area contributed by atoms with E-state index in [2.05, 4.69) is 0 Å². The van der Waals surface area contributed by atoms with Crippen LogP contribution in [0.1, 0.15) is 0 Å². The first-order chi connectivity index (χ1) is 8.50. The third-order valence-corrected chi connectivity index (χ3v) is 3.44. The van der Waals surface area contributed by atoms with Gasteiger partial charge in [0.2, 0.25) is 0 Å². The van der Waals surface area contributed by atoms with E-state index in [0.717, 1.165) is 16.9 Å². The van der Waals surface area contributed by atoms with Gasteiger partial charge in [-0.2, -0.15) is 8.42 Å². The monoisotopic (exact) mass is 287 g/mol. The number of methoxy groups -OCH3 is 1. The Kier molecular flexibility index (Phi) is 5.58. The van der Waals surface area contributed by atoms with E-state index in [4.69, 9.17) is 9.29 Å². The zero-order valence-corrected chi connectivity index (χ0v) is 13.5. The summed E-state index contributed by atoms with van der Waals surface area (Å²) in [5.74, 6) is 0.758. The van der Waals surface area contributed by atoms with Crippen LogP contribution in [0.2, 0.25) is 0 Å². The molecular formula is C13H12NaO4S. The third kappa shape index (κ3) is 4.06. The van der Waals surface area contributed by atoms with Crippen LogP contribution in [-0.4, -0.2) is 49.6 Å². The Morgan fingerprint density at radius 2 is 1.32 bits per heavy atom. The van der Waals surface area contributed by atoms with Gasteiger partial charge >= 0.3 is 0 Å². The van der Waals surface area contributed by atoms with Gasteiger partial charge in [0, 0.05) is 29.6 Å². The van der Waals surface area contributed by atoms with Crippen molar-refractivity contribution >= 4 is 39.7 Å². The molecule has 0 amide bonds. The van der Waals surface area contributed by atoms with E-state index >= 15 is 0 Å². The van der Waals surface area contributed by atoms with Crippen LogP contribution in [0.4, 0.5) is 0 Å². The maximum Gasteiger partial charge on any atom is 0.294 e. The second-order valence-corrected chi connectivity index (χ2v) is 5.15. The molecule has 0 unspecified atom stereocenters. The summed E-state index contributed by atoms with van der Waals surface area (Å²) in [5.41, 5.74) is 1.81. The molecule has 2 rings (SSSR count). The van der Waals surface area contributed by atoms with Crippen molar-refractivity contribution in [1.29, 1.82) is 0 Å². The molecule has 0 atom stereocenters. The maximum absolute atomic E-state index is 10.9. The minimum Gasteiger partial charge on any atom is -0.497 e. The first kappa shape index (κ1) is 16.2. The van der Waals surface area contributed by atoms with Crippen LogP contribution in [0.15, 0.2) is 53.4 Å². The molecule has 2 aromatic carbocycles. The summed E-state index contributed by atoms with van der Waals surface area (Å²) in [6.07, 6.45) is 0. The molecule has 0 bridgehead atoms. The van der Waals surface area contributed by atoms with Crippen LogP contribution < -0.4 is 4.74 Å². The average Bonchev–Trinajstić information content (AvgIpc) is 2.38. The molecule has 0 saturated heterocycles. The molecule has 2 aromatic rings. The second kappa shape index (κ2) is 6.54. The predicted molar refractivity (Wildman–Crippen MR) is 74.0 cm³/mol.